The number of nitrogens with zero attached hydrogens (tertiary/aromatic N) is 4. The first-order valence-electron chi connectivity index (χ1n) is 12.1. The Balaban J connectivity index is 1.11. The average molecular weight is 513 g/mol. The van der Waals surface area contributed by atoms with Gasteiger partial charge in [-0.25, -0.2) is 9.78 Å². The number of rotatable bonds is 5. The molecular weight excluding hydrogens is 485 g/mol. The van der Waals surface area contributed by atoms with Crippen molar-refractivity contribution in [2.75, 3.05) is 26.2 Å². The standard InChI is InChI=1S/C27H27F3N4O3/c1-19-12-22(15-31-14-19)37-25(35)34-10-8-26(9-11-34)17-33(18-26)16-20-4-2-5-21(13-20)36-24-7-3-6-23(32-24)27(28,29)30/h2-7,12-15H,8-11,16-18H2,1H3. The van der Waals surface area contributed by atoms with E-state index in [-0.39, 0.29) is 17.4 Å². The zero-order valence-electron chi connectivity index (χ0n) is 20.4. The molecule has 37 heavy (non-hydrogen) atoms. The third-order valence-corrected chi connectivity index (χ3v) is 6.80. The molecule has 7 nitrogen and oxygen atoms in total. The number of carbonyl (C=O) groups excluding carboxylic acids is 1. The van der Waals surface area contributed by atoms with Crippen LogP contribution in [-0.2, 0) is 12.7 Å². The smallest absolute Gasteiger partial charge is 0.433 e. The van der Waals surface area contributed by atoms with E-state index in [1.54, 1.807) is 23.2 Å². The minimum atomic E-state index is -4.52. The van der Waals surface area contributed by atoms with Gasteiger partial charge in [-0.2, -0.15) is 13.2 Å². The second kappa shape index (κ2) is 10.0. The van der Waals surface area contributed by atoms with E-state index in [4.69, 9.17) is 9.47 Å². The minimum Gasteiger partial charge on any atom is -0.439 e. The molecule has 0 saturated carbocycles. The van der Waals surface area contributed by atoms with E-state index < -0.39 is 11.9 Å². The molecule has 10 heteroatoms. The van der Waals surface area contributed by atoms with E-state index in [1.807, 2.05) is 25.1 Å². The Labute approximate surface area is 212 Å². The summed E-state index contributed by atoms with van der Waals surface area (Å²) in [7, 11) is 0. The van der Waals surface area contributed by atoms with E-state index in [1.165, 1.54) is 18.3 Å². The number of pyridine rings is 2. The maximum absolute atomic E-state index is 12.9. The molecule has 5 rings (SSSR count). The topological polar surface area (TPSA) is 67.8 Å². The van der Waals surface area contributed by atoms with Crippen molar-refractivity contribution in [1.82, 2.24) is 19.8 Å². The van der Waals surface area contributed by atoms with Crippen LogP contribution in [0.25, 0.3) is 0 Å². The fourth-order valence-corrected chi connectivity index (χ4v) is 4.96. The van der Waals surface area contributed by atoms with Gasteiger partial charge in [0.15, 0.2) is 5.75 Å². The third kappa shape index (κ3) is 6.02. The number of ether oxygens (including phenoxy) is 2. The third-order valence-electron chi connectivity index (χ3n) is 6.80. The largest absolute Gasteiger partial charge is 0.439 e. The van der Waals surface area contributed by atoms with Crippen LogP contribution in [0.4, 0.5) is 18.0 Å². The Kier molecular flexibility index (Phi) is 6.76. The van der Waals surface area contributed by atoms with Gasteiger partial charge in [-0.15, -0.1) is 0 Å². The van der Waals surface area contributed by atoms with Gasteiger partial charge < -0.3 is 14.4 Å². The lowest BCUT2D eigenvalue weighted by Crippen LogP contribution is -2.60. The average Bonchev–Trinajstić information content (AvgIpc) is 2.83. The van der Waals surface area contributed by atoms with Gasteiger partial charge in [0.1, 0.15) is 11.4 Å². The Morgan fingerprint density at radius 2 is 1.78 bits per heavy atom. The van der Waals surface area contributed by atoms with Crippen molar-refractivity contribution in [3.05, 3.63) is 77.7 Å². The number of halogens is 3. The van der Waals surface area contributed by atoms with Crippen LogP contribution in [0.3, 0.4) is 0 Å². The maximum atomic E-state index is 12.9. The normalized spacial score (nSPS) is 17.4. The summed E-state index contributed by atoms with van der Waals surface area (Å²) in [6.07, 6.45) is 0.205. The Morgan fingerprint density at radius 1 is 1.03 bits per heavy atom. The van der Waals surface area contributed by atoms with Gasteiger partial charge in [0.25, 0.3) is 0 Å². The van der Waals surface area contributed by atoms with Crippen molar-refractivity contribution in [3.8, 4) is 17.4 Å². The number of carbonyl (C=O) groups is 1. The van der Waals surface area contributed by atoms with Crippen molar-refractivity contribution >= 4 is 6.09 Å². The van der Waals surface area contributed by atoms with Crippen molar-refractivity contribution in [1.29, 1.82) is 0 Å². The summed E-state index contributed by atoms with van der Waals surface area (Å²) in [4.78, 5) is 24.2. The molecule has 1 spiro atoms. The number of benzene rings is 1. The lowest BCUT2D eigenvalue weighted by molar-refractivity contribution is -0.141. The molecule has 0 atom stereocenters. The molecule has 4 heterocycles. The molecule has 3 aromatic rings. The number of aryl methyl sites for hydroxylation is 1. The van der Waals surface area contributed by atoms with Crippen LogP contribution in [0, 0.1) is 12.3 Å². The summed E-state index contributed by atoms with van der Waals surface area (Å²) in [5.41, 5.74) is 1.14. The second-order valence-corrected chi connectivity index (χ2v) is 9.81. The molecule has 0 radical (unpaired) electrons. The quantitative estimate of drug-likeness (QED) is 0.437. The first-order chi connectivity index (χ1) is 17.7. The van der Waals surface area contributed by atoms with E-state index in [2.05, 4.69) is 14.9 Å². The van der Waals surface area contributed by atoms with Crippen LogP contribution in [0.5, 0.6) is 17.4 Å². The van der Waals surface area contributed by atoms with E-state index in [9.17, 15) is 18.0 Å². The Hall–Kier alpha value is -3.66. The van der Waals surface area contributed by atoms with Crippen LogP contribution in [0.15, 0.2) is 60.9 Å². The molecule has 1 aromatic carbocycles. The number of likely N-dealkylation sites (tertiary alicyclic amines) is 2. The number of aromatic nitrogens is 2. The number of hydrogen-bond donors (Lipinski definition) is 0. The number of alkyl halides is 3. The zero-order valence-corrected chi connectivity index (χ0v) is 20.4. The van der Waals surface area contributed by atoms with Crippen LogP contribution in [0.1, 0.15) is 29.7 Å². The number of hydrogen-bond acceptors (Lipinski definition) is 6. The summed E-state index contributed by atoms with van der Waals surface area (Å²) in [5.74, 6) is 0.796. The highest BCUT2D eigenvalue weighted by molar-refractivity contribution is 5.70. The van der Waals surface area contributed by atoms with Crippen molar-refractivity contribution in [3.63, 3.8) is 0 Å². The first kappa shape index (κ1) is 25.0. The fraction of sp³-hybridized carbons (Fsp3) is 0.370. The highest BCUT2D eigenvalue weighted by Gasteiger charge is 2.45. The molecule has 2 fully saturated rings. The van der Waals surface area contributed by atoms with E-state index in [0.717, 1.165) is 43.1 Å². The van der Waals surface area contributed by atoms with Crippen LogP contribution in [0.2, 0.25) is 0 Å². The van der Waals surface area contributed by atoms with Crippen molar-refractivity contribution in [2.24, 2.45) is 5.41 Å². The molecule has 0 bridgehead atoms. The van der Waals surface area contributed by atoms with Gasteiger partial charge in [-0.05, 0) is 60.6 Å². The SMILES string of the molecule is Cc1cncc(OC(=O)N2CCC3(CC2)CN(Cc2cccc(Oc4cccc(C(F)(F)F)n4)c2)C3)c1. The van der Waals surface area contributed by atoms with Crippen LogP contribution < -0.4 is 9.47 Å². The minimum absolute atomic E-state index is 0.0983. The monoisotopic (exact) mass is 512 g/mol. The van der Waals surface area contributed by atoms with Crippen LogP contribution in [-0.4, -0.2) is 52.0 Å². The molecule has 194 valence electrons. The molecular formula is C27H27F3N4O3. The molecule has 0 N–H and O–H groups in total. The summed E-state index contributed by atoms with van der Waals surface area (Å²) in [6.45, 7) is 5.77. The van der Waals surface area contributed by atoms with Gasteiger partial charge in [0.2, 0.25) is 5.88 Å². The summed E-state index contributed by atoms with van der Waals surface area (Å²) >= 11 is 0. The Bertz CT molecular complexity index is 1270. The van der Waals surface area contributed by atoms with Crippen molar-refractivity contribution < 1.29 is 27.4 Å². The van der Waals surface area contributed by atoms with E-state index in [0.29, 0.717) is 31.1 Å². The fourth-order valence-electron chi connectivity index (χ4n) is 4.96. The zero-order chi connectivity index (χ0) is 26.0. The molecule has 0 aliphatic carbocycles. The molecule has 2 aliphatic heterocycles. The lowest BCUT2D eigenvalue weighted by atomic mass is 9.72. The lowest BCUT2D eigenvalue weighted by Gasteiger charge is -2.54. The summed E-state index contributed by atoms with van der Waals surface area (Å²) in [6, 6.07) is 12.7. The highest BCUT2D eigenvalue weighted by Crippen LogP contribution is 2.41. The molecule has 2 aromatic heterocycles. The first-order valence-corrected chi connectivity index (χ1v) is 12.1. The van der Waals surface area contributed by atoms with Gasteiger partial charge in [-0.1, -0.05) is 18.2 Å². The highest BCUT2D eigenvalue weighted by atomic mass is 19.4. The maximum Gasteiger partial charge on any atom is 0.433 e. The number of amides is 1. The molecule has 2 saturated heterocycles. The number of piperidine rings is 1. The molecule has 2 aliphatic rings. The molecule has 0 unspecified atom stereocenters. The Morgan fingerprint density at radius 3 is 2.51 bits per heavy atom. The van der Waals surface area contributed by atoms with Crippen LogP contribution >= 0.6 is 0 Å². The second-order valence-electron chi connectivity index (χ2n) is 9.81. The summed E-state index contributed by atoms with van der Waals surface area (Å²) < 4.78 is 49.8. The molecule has 1 amide bonds. The predicted octanol–water partition coefficient (Wildman–Crippen LogP) is 5.69. The van der Waals surface area contributed by atoms with Gasteiger partial charge >= 0.3 is 12.3 Å². The van der Waals surface area contributed by atoms with Gasteiger partial charge in [-0.3, -0.25) is 9.88 Å². The predicted molar refractivity (Wildman–Crippen MR) is 129 cm³/mol. The van der Waals surface area contributed by atoms with Crippen molar-refractivity contribution in [2.45, 2.75) is 32.5 Å². The van der Waals surface area contributed by atoms with Gasteiger partial charge in [0, 0.05) is 45.0 Å². The van der Waals surface area contributed by atoms with E-state index >= 15 is 0 Å². The summed E-state index contributed by atoms with van der Waals surface area (Å²) in [5, 5.41) is 0. The van der Waals surface area contributed by atoms with Gasteiger partial charge in [0.05, 0.1) is 6.20 Å².